The third-order valence-electron chi connectivity index (χ3n) is 5.24. The number of nitrogens with zero attached hydrogens (tertiary/aromatic N) is 4. The van der Waals surface area contributed by atoms with Crippen molar-refractivity contribution in [2.75, 3.05) is 23.8 Å². The third kappa shape index (κ3) is 5.17. The van der Waals surface area contributed by atoms with Gasteiger partial charge in [-0.15, -0.1) is 0 Å². The lowest BCUT2D eigenvalue weighted by Crippen LogP contribution is -2.49. The van der Waals surface area contributed by atoms with E-state index in [1.54, 1.807) is 28.8 Å². The maximum Gasteiger partial charge on any atom is 0.422 e. The zero-order chi connectivity index (χ0) is 26.8. The molecule has 0 aliphatic carbocycles. The zero-order valence-electron chi connectivity index (χ0n) is 20.5. The minimum absolute atomic E-state index is 0.0566. The van der Waals surface area contributed by atoms with Crippen LogP contribution in [0, 0.1) is 0 Å². The van der Waals surface area contributed by atoms with E-state index < -0.39 is 39.1 Å². The van der Waals surface area contributed by atoms with Crippen LogP contribution in [0.4, 0.5) is 4.79 Å². The molecule has 2 heterocycles. The molecule has 0 atom stereocenters. The fourth-order valence-corrected chi connectivity index (χ4v) is 4.58. The first kappa shape index (κ1) is 26.7. The van der Waals surface area contributed by atoms with Gasteiger partial charge < -0.3 is 9.47 Å². The van der Waals surface area contributed by atoms with Crippen LogP contribution in [0.2, 0.25) is 0 Å². The quantitative estimate of drug-likeness (QED) is 0.428. The Morgan fingerprint density at radius 3 is 2.33 bits per heavy atom. The summed E-state index contributed by atoms with van der Waals surface area (Å²) in [5.74, 6) is -2.31. The fourth-order valence-electron chi connectivity index (χ4n) is 3.68. The molecule has 0 saturated carbocycles. The number of rotatable bonds is 8. The van der Waals surface area contributed by atoms with E-state index in [9.17, 15) is 27.6 Å². The van der Waals surface area contributed by atoms with E-state index in [-0.39, 0.29) is 34.7 Å². The number of carbonyl (C=O) groups excluding carboxylic acids is 2. The van der Waals surface area contributed by atoms with Crippen molar-refractivity contribution in [2.24, 2.45) is 7.05 Å². The largest absolute Gasteiger partial charge is 0.465 e. The molecule has 0 unspecified atom stereocenters. The molecule has 0 aliphatic heterocycles. The molecule has 0 saturated heterocycles. The molecule has 2 aromatic heterocycles. The molecule has 0 aliphatic rings. The van der Waals surface area contributed by atoms with Gasteiger partial charge in [0.1, 0.15) is 0 Å². The van der Waals surface area contributed by atoms with Crippen molar-refractivity contribution in [1.82, 2.24) is 19.0 Å². The number of aryl methyl sites for hydroxylation is 1. The van der Waals surface area contributed by atoms with Crippen LogP contribution in [0.1, 0.15) is 39.2 Å². The molecular formula is C22H27N5O8S. The van der Waals surface area contributed by atoms with Gasteiger partial charge in [-0.05, 0) is 43.5 Å². The Morgan fingerprint density at radius 1 is 1.11 bits per heavy atom. The van der Waals surface area contributed by atoms with Crippen LogP contribution in [0.3, 0.4) is 0 Å². The first-order valence-electron chi connectivity index (χ1n) is 11.1. The van der Waals surface area contributed by atoms with E-state index in [0.717, 1.165) is 0 Å². The second-order valence-electron chi connectivity index (χ2n) is 8.06. The van der Waals surface area contributed by atoms with Crippen LogP contribution >= 0.6 is 0 Å². The van der Waals surface area contributed by atoms with Gasteiger partial charge in [-0.1, -0.05) is 13.8 Å². The summed E-state index contributed by atoms with van der Waals surface area (Å²) in [6.07, 6.45) is 0.471. The molecule has 36 heavy (non-hydrogen) atoms. The molecule has 0 fully saturated rings. The third-order valence-corrected chi connectivity index (χ3v) is 6.31. The number of sulfonamides is 1. The van der Waals surface area contributed by atoms with Gasteiger partial charge in [0, 0.05) is 18.8 Å². The van der Waals surface area contributed by atoms with E-state index >= 15 is 0 Å². The summed E-state index contributed by atoms with van der Waals surface area (Å²) >= 11 is 0. The molecule has 1 N–H and O–H groups in total. The van der Waals surface area contributed by atoms with Crippen molar-refractivity contribution < 1.29 is 27.5 Å². The van der Waals surface area contributed by atoms with Crippen molar-refractivity contribution in [3.63, 3.8) is 0 Å². The minimum Gasteiger partial charge on any atom is -0.465 e. The lowest BCUT2D eigenvalue weighted by molar-refractivity contribution is -0.139. The normalized spacial score (nSPS) is 11.6. The van der Waals surface area contributed by atoms with Crippen molar-refractivity contribution in [1.29, 1.82) is 0 Å². The van der Waals surface area contributed by atoms with E-state index in [0.29, 0.717) is 21.4 Å². The number of aromatic nitrogens is 4. The second-order valence-corrected chi connectivity index (χ2v) is 9.76. The van der Waals surface area contributed by atoms with E-state index in [1.807, 2.05) is 13.8 Å². The Labute approximate surface area is 206 Å². The van der Waals surface area contributed by atoms with Crippen molar-refractivity contribution in [2.45, 2.75) is 33.6 Å². The molecule has 1 aromatic carbocycles. The van der Waals surface area contributed by atoms with Gasteiger partial charge in [-0.2, -0.15) is 14.3 Å². The Bertz CT molecular complexity index is 1550. The predicted molar refractivity (Wildman–Crippen MR) is 131 cm³/mol. The standard InChI is InChI=1S/C22H27N5O8S/c1-6-34-19(28)12-36(32,33)24-27-20(29)16-10-15(17-8-9-23-25(17)5)14(13(3)4)11-18(16)26(21(27)30)22(31)35-7-2/h8-11,13,24H,6-7,12H2,1-5H3. The number of ether oxygens (including phenoxy) is 2. The van der Waals surface area contributed by atoms with Gasteiger partial charge in [-0.3, -0.25) is 14.3 Å². The smallest absolute Gasteiger partial charge is 0.422 e. The van der Waals surface area contributed by atoms with Gasteiger partial charge in [0.25, 0.3) is 15.6 Å². The number of esters is 1. The summed E-state index contributed by atoms with van der Waals surface area (Å²) in [7, 11) is -2.83. The highest BCUT2D eigenvalue weighted by molar-refractivity contribution is 7.92. The molecule has 3 rings (SSSR count). The number of benzene rings is 1. The Kier molecular flexibility index (Phi) is 7.67. The highest BCUT2D eigenvalue weighted by Gasteiger charge is 2.26. The summed E-state index contributed by atoms with van der Waals surface area (Å²) < 4.78 is 37.0. The monoisotopic (exact) mass is 521 g/mol. The zero-order valence-corrected chi connectivity index (χ0v) is 21.3. The molecule has 0 spiro atoms. The molecular weight excluding hydrogens is 494 g/mol. The average molecular weight is 522 g/mol. The van der Waals surface area contributed by atoms with Crippen LogP contribution in [0.5, 0.6) is 0 Å². The van der Waals surface area contributed by atoms with Crippen LogP contribution in [-0.2, 0) is 31.3 Å². The first-order chi connectivity index (χ1) is 16.9. The van der Waals surface area contributed by atoms with E-state index in [2.05, 4.69) is 9.84 Å². The van der Waals surface area contributed by atoms with E-state index in [1.165, 1.54) is 26.0 Å². The minimum atomic E-state index is -4.55. The van der Waals surface area contributed by atoms with Crippen LogP contribution in [0.15, 0.2) is 34.0 Å². The van der Waals surface area contributed by atoms with Gasteiger partial charge in [0.05, 0.1) is 29.8 Å². The van der Waals surface area contributed by atoms with Crippen molar-refractivity contribution in [3.8, 4) is 11.3 Å². The number of fused-ring (bicyclic) bond motifs is 1. The van der Waals surface area contributed by atoms with E-state index in [4.69, 9.17) is 4.74 Å². The molecule has 3 aromatic rings. The lowest BCUT2D eigenvalue weighted by Gasteiger charge is -2.18. The van der Waals surface area contributed by atoms with Crippen LogP contribution in [-0.4, -0.2) is 58.5 Å². The lowest BCUT2D eigenvalue weighted by atomic mass is 9.93. The first-order valence-corrected chi connectivity index (χ1v) is 12.7. The molecule has 0 amide bonds. The highest BCUT2D eigenvalue weighted by atomic mass is 32.2. The molecule has 194 valence electrons. The molecule has 14 heteroatoms. The van der Waals surface area contributed by atoms with Crippen LogP contribution < -0.4 is 16.1 Å². The number of nitrogens with one attached hydrogen (secondary N) is 1. The second kappa shape index (κ2) is 10.4. The summed E-state index contributed by atoms with van der Waals surface area (Å²) in [6.45, 7) is 6.69. The average Bonchev–Trinajstić information content (AvgIpc) is 3.21. The number of hydrogen-bond donors (Lipinski definition) is 1. The molecule has 0 bridgehead atoms. The van der Waals surface area contributed by atoms with Crippen molar-refractivity contribution >= 4 is 33.0 Å². The molecule has 13 nitrogen and oxygen atoms in total. The Morgan fingerprint density at radius 2 is 1.78 bits per heavy atom. The molecule has 0 radical (unpaired) electrons. The SMILES string of the molecule is CCOC(=O)CS(=O)(=O)Nn1c(=O)c2cc(-c3ccnn3C)c(C(C)C)cc2n(C(=O)OCC)c1=O. The number of hydrogen-bond acceptors (Lipinski definition) is 9. The Balaban J connectivity index is 2.37. The van der Waals surface area contributed by atoms with Gasteiger partial charge in [0.2, 0.25) is 0 Å². The topological polar surface area (TPSA) is 161 Å². The number of carbonyl (C=O) groups is 2. The summed E-state index contributed by atoms with van der Waals surface area (Å²) in [4.78, 5) is 52.9. The summed E-state index contributed by atoms with van der Waals surface area (Å²) in [5.41, 5.74) is -0.432. The fraction of sp³-hybridized carbons (Fsp3) is 0.409. The van der Waals surface area contributed by atoms with Crippen molar-refractivity contribution in [3.05, 3.63) is 50.8 Å². The summed E-state index contributed by atoms with van der Waals surface area (Å²) in [6, 6.07) is 4.73. The maximum absolute atomic E-state index is 13.4. The maximum atomic E-state index is 13.4. The predicted octanol–water partition coefficient (Wildman–Crippen LogP) is 1.13. The Hall–Kier alpha value is -3.94. The van der Waals surface area contributed by atoms with Gasteiger partial charge in [-0.25, -0.2) is 22.8 Å². The van der Waals surface area contributed by atoms with Gasteiger partial charge >= 0.3 is 17.8 Å². The van der Waals surface area contributed by atoms with Crippen LogP contribution in [0.25, 0.3) is 22.2 Å². The van der Waals surface area contributed by atoms with Gasteiger partial charge in [0.15, 0.2) is 5.75 Å². The summed E-state index contributed by atoms with van der Waals surface area (Å²) in [5, 5.41) is 4.02. The highest BCUT2D eigenvalue weighted by Crippen LogP contribution is 2.31.